The van der Waals surface area contributed by atoms with Gasteiger partial charge in [-0.1, -0.05) is 60.7 Å². The molecule has 0 unspecified atom stereocenters. The fourth-order valence-corrected chi connectivity index (χ4v) is 3.38. The minimum absolute atomic E-state index is 0.454. The second-order valence-electron chi connectivity index (χ2n) is 6.37. The third kappa shape index (κ3) is 4.19. The van der Waals surface area contributed by atoms with Crippen LogP contribution >= 0.6 is 0 Å². The molecule has 3 atom stereocenters. The van der Waals surface area contributed by atoms with Crippen molar-refractivity contribution in [2.75, 3.05) is 6.61 Å². The topological polar surface area (TPSA) is 21.3 Å². The fourth-order valence-electron chi connectivity index (χ4n) is 3.38. The highest BCUT2D eigenvalue weighted by Gasteiger charge is 2.26. The number of nitrogens with one attached hydrogen (secondary N) is 1. The van der Waals surface area contributed by atoms with Crippen LogP contribution in [0.2, 0.25) is 0 Å². The molecule has 116 valence electrons. The van der Waals surface area contributed by atoms with Crippen molar-refractivity contribution in [3.63, 3.8) is 0 Å². The lowest BCUT2D eigenvalue weighted by Crippen LogP contribution is -2.39. The first-order valence-corrected chi connectivity index (χ1v) is 8.24. The fraction of sp³-hybridized carbons (Fsp3) is 0.400. The van der Waals surface area contributed by atoms with Crippen molar-refractivity contribution in [2.24, 2.45) is 5.92 Å². The van der Waals surface area contributed by atoms with Gasteiger partial charge in [-0.2, -0.15) is 0 Å². The smallest absolute Gasteiger partial charge is 0.0717 e. The standard InChI is InChI=1S/C20H25NO/c1-16-12-18(15-22-14-17-8-4-2-5-9-17)13-20(21-16)19-10-6-3-7-11-19/h2-11,16,18,20-21H,12-15H2,1H3/t16-,18-,20-/m0/s1. The van der Waals surface area contributed by atoms with E-state index in [9.17, 15) is 0 Å². The second kappa shape index (κ2) is 7.57. The van der Waals surface area contributed by atoms with Crippen LogP contribution in [0.4, 0.5) is 0 Å². The van der Waals surface area contributed by atoms with Crippen molar-refractivity contribution in [1.29, 1.82) is 0 Å². The first kappa shape index (κ1) is 15.3. The Balaban J connectivity index is 1.53. The first-order valence-electron chi connectivity index (χ1n) is 8.24. The molecule has 0 aliphatic carbocycles. The Morgan fingerprint density at radius 1 is 0.955 bits per heavy atom. The van der Waals surface area contributed by atoms with Crippen molar-refractivity contribution in [2.45, 2.75) is 38.5 Å². The predicted molar refractivity (Wildman–Crippen MR) is 90.6 cm³/mol. The quantitative estimate of drug-likeness (QED) is 0.886. The summed E-state index contributed by atoms with van der Waals surface area (Å²) in [6, 6.07) is 22.2. The van der Waals surface area contributed by atoms with Gasteiger partial charge in [0, 0.05) is 18.7 Å². The number of hydrogen-bond acceptors (Lipinski definition) is 2. The van der Waals surface area contributed by atoms with Crippen LogP contribution in [0, 0.1) is 5.92 Å². The molecule has 1 saturated heterocycles. The Hall–Kier alpha value is -1.64. The van der Waals surface area contributed by atoms with Crippen LogP contribution in [-0.4, -0.2) is 12.6 Å². The van der Waals surface area contributed by atoms with Crippen molar-refractivity contribution in [3.8, 4) is 0 Å². The molecule has 1 N–H and O–H groups in total. The van der Waals surface area contributed by atoms with Gasteiger partial charge in [-0.3, -0.25) is 0 Å². The van der Waals surface area contributed by atoms with E-state index in [1.54, 1.807) is 0 Å². The first-order chi connectivity index (χ1) is 10.8. The van der Waals surface area contributed by atoms with E-state index in [4.69, 9.17) is 4.74 Å². The summed E-state index contributed by atoms with van der Waals surface area (Å²) in [5.74, 6) is 0.630. The van der Waals surface area contributed by atoms with E-state index in [2.05, 4.69) is 66.8 Å². The maximum atomic E-state index is 5.96. The van der Waals surface area contributed by atoms with Gasteiger partial charge in [-0.15, -0.1) is 0 Å². The zero-order valence-electron chi connectivity index (χ0n) is 13.2. The van der Waals surface area contributed by atoms with E-state index in [0.29, 0.717) is 18.0 Å². The van der Waals surface area contributed by atoms with E-state index in [-0.39, 0.29) is 0 Å². The largest absolute Gasteiger partial charge is 0.376 e. The highest BCUT2D eigenvalue weighted by atomic mass is 16.5. The zero-order valence-corrected chi connectivity index (χ0v) is 13.2. The van der Waals surface area contributed by atoms with Crippen LogP contribution in [0.5, 0.6) is 0 Å². The summed E-state index contributed by atoms with van der Waals surface area (Å²) in [4.78, 5) is 0. The summed E-state index contributed by atoms with van der Waals surface area (Å²) >= 11 is 0. The Labute approximate surface area is 133 Å². The summed E-state index contributed by atoms with van der Waals surface area (Å²) < 4.78 is 5.96. The minimum atomic E-state index is 0.454. The van der Waals surface area contributed by atoms with Gasteiger partial charge in [0.15, 0.2) is 0 Å². The number of benzene rings is 2. The van der Waals surface area contributed by atoms with Crippen LogP contribution in [0.1, 0.15) is 36.9 Å². The van der Waals surface area contributed by atoms with Crippen LogP contribution < -0.4 is 5.32 Å². The highest BCUT2D eigenvalue weighted by molar-refractivity contribution is 5.19. The van der Waals surface area contributed by atoms with Gasteiger partial charge >= 0.3 is 0 Å². The molecule has 2 nitrogen and oxygen atoms in total. The monoisotopic (exact) mass is 295 g/mol. The van der Waals surface area contributed by atoms with Crippen LogP contribution in [0.15, 0.2) is 60.7 Å². The number of piperidine rings is 1. The average molecular weight is 295 g/mol. The van der Waals surface area contributed by atoms with Gasteiger partial charge in [0.25, 0.3) is 0 Å². The lowest BCUT2D eigenvalue weighted by atomic mass is 9.86. The van der Waals surface area contributed by atoms with Gasteiger partial charge in [-0.25, -0.2) is 0 Å². The zero-order chi connectivity index (χ0) is 15.2. The molecule has 1 fully saturated rings. The molecular formula is C20H25NO. The molecule has 0 radical (unpaired) electrons. The molecule has 2 aromatic carbocycles. The van der Waals surface area contributed by atoms with E-state index in [1.807, 2.05) is 6.07 Å². The molecule has 0 aromatic heterocycles. The van der Waals surface area contributed by atoms with Crippen LogP contribution in [0.25, 0.3) is 0 Å². The molecular weight excluding hydrogens is 270 g/mol. The van der Waals surface area contributed by atoms with Gasteiger partial charge in [0.2, 0.25) is 0 Å². The molecule has 0 bridgehead atoms. The Morgan fingerprint density at radius 2 is 1.64 bits per heavy atom. The third-order valence-electron chi connectivity index (χ3n) is 4.41. The van der Waals surface area contributed by atoms with Crippen LogP contribution in [0.3, 0.4) is 0 Å². The molecule has 0 spiro atoms. The maximum absolute atomic E-state index is 5.96. The number of rotatable bonds is 5. The lowest BCUT2D eigenvalue weighted by molar-refractivity contribution is 0.0626. The maximum Gasteiger partial charge on any atom is 0.0717 e. The average Bonchev–Trinajstić information content (AvgIpc) is 2.56. The van der Waals surface area contributed by atoms with E-state index in [1.165, 1.54) is 17.5 Å². The third-order valence-corrected chi connectivity index (χ3v) is 4.41. The molecule has 3 rings (SSSR count). The second-order valence-corrected chi connectivity index (χ2v) is 6.37. The van der Waals surface area contributed by atoms with Crippen molar-refractivity contribution in [3.05, 3.63) is 71.8 Å². The van der Waals surface area contributed by atoms with Gasteiger partial charge in [0.1, 0.15) is 0 Å². The van der Waals surface area contributed by atoms with Crippen molar-refractivity contribution >= 4 is 0 Å². The highest BCUT2D eigenvalue weighted by Crippen LogP contribution is 2.30. The lowest BCUT2D eigenvalue weighted by Gasteiger charge is -2.35. The molecule has 2 heteroatoms. The van der Waals surface area contributed by atoms with E-state index >= 15 is 0 Å². The summed E-state index contributed by atoms with van der Waals surface area (Å²) in [7, 11) is 0. The van der Waals surface area contributed by atoms with Gasteiger partial charge < -0.3 is 10.1 Å². The molecule has 0 saturated carbocycles. The minimum Gasteiger partial charge on any atom is -0.376 e. The molecule has 0 amide bonds. The predicted octanol–water partition coefficient (Wildman–Crippen LogP) is 4.33. The molecule has 1 heterocycles. The van der Waals surface area contributed by atoms with Crippen LogP contribution in [-0.2, 0) is 11.3 Å². The summed E-state index contributed by atoms with van der Waals surface area (Å²) in [6.07, 6.45) is 2.35. The van der Waals surface area contributed by atoms with Crippen molar-refractivity contribution in [1.82, 2.24) is 5.32 Å². The van der Waals surface area contributed by atoms with E-state index in [0.717, 1.165) is 19.6 Å². The number of ether oxygens (including phenoxy) is 1. The SMILES string of the molecule is C[C@H]1C[C@H](COCc2ccccc2)C[C@@H](c2ccccc2)N1. The molecule has 2 aromatic rings. The normalized spacial score (nSPS) is 25.0. The van der Waals surface area contributed by atoms with Crippen molar-refractivity contribution < 1.29 is 4.74 Å². The van der Waals surface area contributed by atoms with Gasteiger partial charge in [0.05, 0.1) is 6.61 Å². The molecule has 1 aliphatic rings. The molecule has 22 heavy (non-hydrogen) atoms. The Morgan fingerprint density at radius 3 is 2.36 bits per heavy atom. The van der Waals surface area contributed by atoms with Gasteiger partial charge in [-0.05, 0) is 36.8 Å². The number of hydrogen-bond donors (Lipinski definition) is 1. The Kier molecular flexibility index (Phi) is 5.25. The Bertz CT molecular complexity index is 554. The summed E-state index contributed by atoms with van der Waals surface area (Å²) in [5.41, 5.74) is 2.64. The van der Waals surface area contributed by atoms with E-state index < -0.39 is 0 Å². The molecule has 1 aliphatic heterocycles. The summed E-state index contributed by atoms with van der Waals surface area (Å²) in [6.45, 7) is 3.85. The summed E-state index contributed by atoms with van der Waals surface area (Å²) in [5, 5.41) is 3.72.